The van der Waals surface area contributed by atoms with Crippen LogP contribution in [0.3, 0.4) is 0 Å². The zero-order valence-corrected chi connectivity index (χ0v) is 46.5. The fourth-order valence-corrected chi connectivity index (χ4v) is 13.2. The molecule has 87 heavy (non-hydrogen) atoms. The molecule has 0 unspecified atom stereocenters. The maximum absolute atomic E-state index is 13.8. The number of nitrogens with zero attached hydrogens (tertiary/aromatic N) is 6. The summed E-state index contributed by atoms with van der Waals surface area (Å²) in [6.07, 6.45) is 0. The molecule has 0 bridgehead atoms. The monoisotopic (exact) mass is 1110 g/mol. The van der Waals surface area contributed by atoms with E-state index in [1.165, 1.54) is 0 Å². The second-order valence-corrected chi connectivity index (χ2v) is 22.1. The fraction of sp³-hybridized carbons (Fsp3) is 0. The van der Waals surface area contributed by atoms with Gasteiger partial charge in [0.15, 0.2) is 0 Å². The summed E-state index contributed by atoms with van der Waals surface area (Å²) in [6.45, 7) is 0. The van der Waals surface area contributed by atoms with Crippen LogP contribution in [0.4, 0.5) is 0 Å². The molecule has 19 aromatic rings. The van der Waals surface area contributed by atoms with Crippen LogP contribution in [-0.2, 0) is 0 Å². The van der Waals surface area contributed by atoms with E-state index in [1.807, 2.05) is 180 Å². The second-order valence-electron chi connectivity index (χ2n) is 22.1. The number of rotatable bonds is 4. The summed E-state index contributed by atoms with van der Waals surface area (Å²) in [7, 11) is 0. The van der Waals surface area contributed by atoms with Gasteiger partial charge in [0, 0.05) is 54.0 Å². The van der Waals surface area contributed by atoms with Gasteiger partial charge in [0.1, 0.15) is 16.9 Å². The van der Waals surface area contributed by atoms with Crippen LogP contribution in [0.5, 0.6) is 0 Å². The van der Waals surface area contributed by atoms with E-state index in [4.69, 9.17) is 15.0 Å². The van der Waals surface area contributed by atoms with Crippen LogP contribution in [0.1, 0.15) is 0 Å². The third-order valence-corrected chi connectivity index (χ3v) is 17.2. The van der Waals surface area contributed by atoms with Crippen LogP contribution in [-0.4, -0.2) is 28.2 Å². The van der Waals surface area contributed by atoms with Crippen molar-refractivity contribution in [1.29, 1.82) is 0 Å². The molecule has 0 aliphatic heterocycles. The molecular formula is C78H46N6O3. The molecule has 9 nitrogen and oxygen atoms in total. The minimum absolute atomic E-state index is 0.00994. The van der Waals surface area contributed by atoms with Gasteiger partial charge in [0.25, 0.3) is 16.7 Å². The van der Waals surface area contributed by atoms with Crippen LogP contribution in [0.25, 0.3) is 159 Å². The van der Waals surface area contributed by atoms with Gasteiger partial charge >= 0.3 is 0 Å². The highest BCUT2D eigenvalue weighted by Gasteiger charge is 2.22. The van der Waals surface area contributed by atoms with E-state index in [0.717, 1.165) is 154 Å². The maximum atomic E-state index is 13.8. The normalized spacial score (nSPS) is 11.8. The van der Waals surface area contributed by atoms with Crippen LogP contribution in [0, 0.1) is 0 Å². The van der Waals surface area contributed by atoms with E-state index >= 15 is 0 Å². The molecule has 0 N–H and O–H groups in total. The predicted molar refractivity (Wildman–Crippen MR) is 357 cm³/mol. The third-order valence-electron chi connectivity index (χ3n) is 17.2. The summed E-state index contributed by atoms with van der Waals surface area (Å²) < 4.78 is 5.32. The van der Waals surface area contributed by atoms with Crippen molar-refractivity contribution in [2.75, 3.05) is 0 Å². The van der Waals surface area contributed by atoms with E-state index in [-0.39, 0.29) is 16.7 Å². The molecule has 0 radical (unpaired) electrons. The average molecular weight is 1120 g/mol. The van der Waals surface area contributed by atoms with Gasteiger partial charge in [-0.15, -0.1) is 0 Å². The second kappa shape index (κ2) is 19.6. The number of imidazole rings is 3. The molecule has 0 aliphatic carbocycles. The van der Waals surface area contributed by atoms with Crippen molar-refractivity contribution in [3.05, 3.63) is 310 Å². The Morgan fingerprint density at radius 1 is 0.241 bits per heavy atom. The van der Waals surface area contributed by atoms with Gasteiger partial charge in [-0.25, -0.2) is 15.0 Å². The molecule has 0 saturated heterocycles. The molecule has 0 atom stereocenters. The zero-order valence-electron chi connectivity index (χ0n) is 46.5. The fourth-order valence-electron chi connectivity index (χ4n) is 13.2. The lowest BCUT2D eigenvalue weighted by Gasteiger charge is -2.10. The number of fused-ring (bicyclic) bond motifs is 12. The van der Waals surface area contributed by atoms with E-state index < -0.39 is 0 Å². The Kier molecular flexibility index (Phi) is 11.2. The maximum Gasteiger partial charge on any atom is 0.264 e. The Labute approximate surface area is 494 Å². The number of benzene rings is 13. The van der Waals surface area contributed by atoms with Gasteiger partial charge < -0.3 is 0 Å². The summed E-state index contributed by atoms with van der Waals surface area (Å²) in [5.74, 6) is 0. The molecule has 19 rings (SSSR count). The highest BCUT2D eigenvalue weighted by molar-refractivity contribution is 6.18. The van der Waals surface area contributed by atoms with Crippen LogP contribution in [0.2, 0.25) is 0 Å². The first-order valence-electron chi connectivity index (χ1n) is 29.0. The van der Waals surface area contributed by atoms with Gasteiger partial charge in [-0.2, -0.15) is 0 Å². The van der Waals surface area contributed by atoms with E-state index in [9.17, 15) is 14.4 Å². The lowest BCUT2D eigenvalue weighted by atomic mass is 9.97. The summed E-state index contributed by atoms with van der Waals surface area (Å²) in [5.41, 5.74) is 15.9. The Morgan fingerprint density at radius 3 is 1.10 bits per heavy atom. The number of hydrogen-bond donors (Lipinski definition) is 0. The summed E-state index contributed by atoms with van der Waals surface area (Å²) >= 11 is 0. The van der Waals surface area contributed by atoms with Crippen molar-refractivity contribution < 1.29 is 0 Å². The molecule has 6 aromatic heterocycles. The summed E-state index contributed by atoms with van der Waals surface area (Å²) in [5, 5.41) is 11.4. The molecular weight excluding hydrogens is 1070 g/mol. The zero-order chi connectivity index (χ0) is 57.9. The van der Waals surface area contributed by atoms with E-state index in [1.54, 1.807) is 8.80 Å². The first-order valence-corrected chi connectivity index (χ1v) is 29.0. The third kappa shape index (κ3) is 7.80. The molecule has 9 heteroatoms. The van der Waals surface area contributed by atoms with Crippen molar-refractivity contribution in [3.63, 3.8) is 0 Å². The summed E-state index contributed by atoms with van der Waals surface area (Å²) in [6, 6.07) is 93.6. The smallest absolute Gasteiger partial charge is 0.264 e. The molecule has 0 amide bonds. The lowest BCUT2D eigenvalue weighted by Crippen LogP contribution is -2.13. The van der Waals surface area contributed by atoms with Crippen LogP contribution >= 0.6 is 0 Å². The quantitative estimate of drug-likeness (QED) is 0.174. The Morgan fingerprint density at radius 2 is 0.609 bits per heavy atom. The average Bonchev–Trinajstić information content (AvgIpc) is 1.69. The molecule has 6 heterocycles. The number of hydrogen-bond acceptors (Lipinski definition) is 6. The Hall–Kier alpha value is -11.9. The van der Waals surface area contributed by atoms with Crippen molar-refractivity contribution in [2.24, 2.45) is 0 Å². The minimum Gasteiger partial charge on any atom is -0.268 e. The standard InChI is InChI=1S/C30H18N2O.2C24H14N2O/c33-30-24-16-8-14-21-13-7-15-23(27(21)24)29-31-26-18-22(19-9-3-1-4-10-19)17-25(28(26)32(29)30)20-11-5-2-6-12-20;27-24-19-11-5-9-16-8-4-10-18(22(16)19)23-25-20-14-17(12-13-21(20)26(23)24)15-6-2-1-3-7-15;27-24-19-11-5-9-16-8-4-10-18(22(16)19)23-25-20-13-12-17(14-21(20)26(23)24)15-6-2-1-3-7-15/h1-18H;2*1-14H. The molecule has 13 aromatic carbocycles. The molecule has 0 fully saturated rings. The molecule has 0 aliphatic rings. The molecule has 0 spiro atoms. The highest BCUT2D eigenvalue weighted by Crippen LogP contribution is 2.38. The van der Waals surface area contributed by atoms with Gasteiger partial charge in [0.05, 0.1) is 33.1 Å². The van der Waals surface area contributed by atoms with Crippen LogP contribution < -0.4 is 16.7 Å². The number of aromatic nitrogens is 6. The van der Waals surface area contributed by atoms with Gasteiger partial charge in [-0.3, -0.25) is 27.6 Å². The van der Waals surface area contributed by atoms with Crippen molar-refractivity contribution in [2.45, 2.75) is 0 Å². The Bertz CT molecular complexity index is 6060. The highest BCUT2D eigenvalue weighted by atomic mass is 16.1. The van der Waals surface area contributed by atoms with Crippen molar-refractivity contribution >= 4 is 115 Å². The summed E-state index contributed by atoms with van der Waals surface area (Å²) in [4.78, 5) is 55.1. The van der Waals surface area contributed by atoms with E-state index in [2.05, 4.69) is 103 Å². The van der Waals surface area contributed by atoms with E-state index in [0.29, 0.717) is 5.65 Å². The largest absolute Gasteiger partial charge is 0.268 e. The SMILES string of the molecule is O=c1c2cccc3cccc(c32)c2nc3cc(-c4ccccc4)cc(-c4ccccc4)c3n12.O=c1c2cccc3cccc(c32)c2nc3cc(-c4ccccc4)ccc3n12.O=c1c2cccc3cccc(c32)c2nc3ccc(-c4ccccc4)cc3n12. The lowest BCUT2D eigenvalue weighted by molar-refractivity contribution is 1.19. The topological polar surface area (TPSA) is 103 Å². The molecule has 406 valence electrons. The first-order chi connectivity index (χ1) is 42.9. The van der Waals surface area contributed by atoms with Gasteiger partial charge in [0.2, 0.25) is 0 Å². The Balaban J connectivity index is 0.000000102. The van der Waals surface area contributed by atoms with Crippen molar-refractivity contribution in [1.82, 2.24) is 28.2 Å². The van der Waals surface area contributed by atoms with Gasteiger partial charge in [-0.1, -0.05) is 224 Å². The predicted octanol–water partition coefficient (Wildman–Crippen LogP) is 17.4. The first kappa shape index (κ1) is 49.7. The van der Waals surface area contributed by atoms with Gasteiger partial charge in [-0.05, 0) is 110 Å². The minimum atomic E-state index is -0.0264. The van der Waals surface area contributed by atoms with Crippen molar-refractivity contribution in [3.8, 4) is 44.5 Å². The van der Waals surface area contributed by atoms with Crippen LogP contribution in [0.15, 0.2) is 293 Å². The number of pyridine rings is 3. The molecule has 0 saturated carbocycles.